The molecule has 4 heterocycles. The Kier molecular flexibility index (Phi) is 24.4. The number of benzene rings is 3. The van der Waals surface area contributed by atoms with E-state index in [0.29, 0.717) is 116 Å². The number of hydroxylamine groups is 2. The number of nitrogens with zero attached hydrogens (tertiary/aromatic N) is 3. The van der Waals surface area contributed by atoms with Crippen molar-refractivity contribution in [1.82, 2.24) is 5.06 Å². The van der Waals surface area contributed by atoms with Crippen LogP contribution in [-0.4, -0.2) is 145 Å². The molecule has 0 N–H and O–H groups in total. The Labute approximate surface area is 493 Å². The van der Waals surface area contributed by atoms with Gasteiger partial charge >= 0.3 is 35.5 Å². The topological polar surface area (TPSA) is 192 Å². The second-order valence-electron chi connectivity index (χ2n) is 20.4. The van der Waals surface area contributed by atoms with Gasteiger partial charge in [-0.25, -0.2) is 13.2 Å². The van der Waals surface area contributed by atoms with Gasteiger partial charge in [0, 0.05) is 85.5 Å². The maximum absolute atomic E-state index is 12.4. The molecule has 424 valence electrons. The fraction of sp³-hybridized carbons (Fsp3) is 0.443. The van der Waals surface area contributed by atoms with Crippen LogP contribution in [0.1, 0.15) is 95.4 Å². The zero-order valence-electron chi connectivity index (χ0n) is 47.4. The van der Waals surface area contributed by atoms with Crippen LogP contribution in [0, 0.1) is 0 Å². The number of methoxy groups -OCH3 is 1. The van der Waals surface area contributed by atoms with Crippen LogP contribution in [0.3, 0.4) is 0 Å². The molecule has 19 heteroatoms. The average Bonchev–Trinajstić information content (AvgIpc) is 3.99. The number of anilines is 1. The van der Waals surface area contributed by atoms with Gasteiger partial charge in [-0.3, -0.25) is 9.59 Å². The van der Waals surface area contributed by atoms with Gasteiger partial charge < -0.3 is 47.4 Å². The third-order valence-electron chi connectivity index (χ3n) is 13.9. The maximum Gasteiger partial charge on any atom is 1.00 e. The summed E-state index contributed by atoms with van der Waals surface area (Å²) in [7, 11) is -3.05. The molecule has 3 aromatic rings. The predicted molar refractivity (Wildman–Crippen MR) is 301 cm³/mol. The van der Waals surface area contributed by atoms with E-state index in [1.807, 2.05) is 80.6 Å². The molecule has 7 rings (SSSR count). The van der Waals surface area contributed by atoms with Crippen molar-refractivity contribution in [3.63, 3.8) is 0 Å². The van der Waals surface area contributed by atoms with Crippen LogP contribution < -0.4 is 39.2 Å². The van der Waals surface area contributed by atoms with Gasteiger partial charge in [0.1, 0.15) is 28.2 Å². The summed E-state index contributed by atoms with van der Waals surface area (Å²) in [6.45, 7) is 17.3. The number of carbonyl (C=O) groups excluding carboxylic acids is 3. The number of fused-ring (bicyclic) bond motifs is 3. The molecule has 0 bridgehead atoms. The molecule has 0 aliphatic carbocycles. The summed E-state index contributed by atoms with van der Waals surface area (Å²) >= 11 is 0. The minimum Gasteiger partial charge on any atom is -0.744 e. The molecular formula is C61H75N3NaO14S+. The minimum atomic E-state index is -4.69. The first-order chi connectivity index (χ1) is 38.0. The maximum atomic E-state index is 12.4. The number of hydrogen-bond acceptors (Lipinski definition) is 15. The number of imide groups is 1. The zero-order valence-corrected chi connectivity index (χ0v) is 50.2. The van der Waals surface area contributed by atoms with Gasteiger partial charge in [0.2, 0.25) is 5.69 Å². The van der Waals surface area contributed by atoms with E-state index < -0.39 is 33.3 Å². The first-order valence-corrected chi connectivity index (χ1v) is 28.4. The molecule has 3 aromatic carbocycles. The summed E-state index contributed by atoms with van der Waals surface area (Å²) in [6.07, 6.45) is 20.1. The van der Waals surface area contributed by atoms with Gasteiger partial charge in [0.25, 0.3) is 11.8 Å². The van der Waals surface area contributed by atoms with Crippen molar-refractivity contribution in [2.24, 2.45) is 0 Å². The molecule has 4 aliphatic heterocycles. The number of carbonyl (C=O) groups is 3. The summed E-state index contributed by atoms with van der Waals surface area (Å²) in [5, 5.41) is 0.558. The SMILES string of the molecule is COCCOCCOCCOCCOCCOCCN1c2cc3c(cc2C(C)=CC1(C)C)C(=CC=CC=CC=CC1=[N+](CCCCCC(=O)ON2C(=O)CCC2=O)c2ccc(S(=O)(=O)[O-])cc2C1(C)C)C=C(c1ccccc1)O3.[Na+]. The van der Waals surface area contributed by atoms with E-state index in [4.69, 9.17) is 38.0 Å². The fourth-order valence-corrected chi connectivity index (χ4v) is 10.4. The summed E-state index contributed by atoms with van der Waals surface area (Å²) in [5.74, 6) is -0.200. The first kappa shape index (κ1) is 63.8. The summed E-state index contributed by atoms with van der Waals surface area (Å²) < 4.78 is 78.4. The molecule has 4 aliphatic rings. The Hall–Kier alpha value is -5.35. The van der Waals surface area contributed by atoms with Gasteiger partial charge in [-0.15, -0.1) is 5.06 Å². The molecule has 1 fully saturated rings. The number of allylic oxidation sites excluding steroid dienone is 10. The normalized spacial score (nSPS) is 17.1. The van der Waals surface area contributed by atoms with Crippen LogP contribution in [0.2, 0.25) is 0 Å². The van der Waals surface area contributed by atoms with Crippen molar-refractivity contribution in [2.75, 3.05) is 97.8 Å². The average molecular weight is 1130 g/mol. The van der Waals surface area contributed by atoms with Gasteiger partial charge in [-0.1, -0.05) is 72.9 Å². The summed E-state index contributed by atoms with van der Waals surface area (Å²) in [5.41, 5.74) is 7.72. The zero-order chi connectivity index (χ0) is 56.4. The van der Waals surface area contributed by atoms with E-state index in [-0.39, 0.29) is 59.3 Å². The van der Waals surface area contributed by atoms with Crippen molar-refractivity contribution in [3.8, 4) is 5.75 Å². The largest absolute Gasteiger partial charge is 1.00 e. The van der Waals surface area contributed by atoms with Gasteiger partial charge in [0.15, 0.2) is 5.71 Å². The van der Waals surface area contributed by atoms with Crippen LogP contribution >= 0.6 is 0 Å². The smallest absolute Gasteiger partial charge is 0.744 e. The Bertz CT molecular complexity index is 2960. The van der Waals surface area contributed by atoms with Crippen LogP contribution in [0.5, 0.6) is 5.75 Å². The van der Waals surface area contributed by atoms with E-state index in [1.54, 1.807) is 13.2 Å². The first-order valence-electron chi connectivity index (χ1n) is 27.0. The minimum absolute atomic E-state index is 0. The van der Waals surface area contributed by atoms with Crippen molar-refractivity contribution >= 4 is 61.9 Å². The van der Waals surface area contributed by atoms with Crippen LogP contribution in [0.15, 0.2) is 120 Å². The van der Waals surface area contributed by atoms with Crippen molar-refractivity contribution in [1.29, 1.82) is 0 Å². The number of amides is 2. The Morgan fingerprint density at radius 3 is 2.00 bits per heavy atom. The van der Waals surface area contributed by atoms with Gasteiger partial charge in [-0.2, -0.15) is 4.58 Å². The number of rotatable bonds is 31. The molecule has 0 saturated carbocycles. The standard InChI is InChI=1S/C61H75N3O14S.Na/c1-45-44-60(2,3)63(28-29-72-32-33-74-36-37-76-39-38-75-35-34-73-31-30-71-6)53-43-55-50(42-49(45)53)47(40-54(77-55)46-18-13-10-14-19-46)20-12-8-7-9-15-21-56-61(4,5)51-41-48(79(68,69)70)23-24-52(51)62(56)27-17-11-16-22-59(67)78-64-57(65)25-26-58(64)66;/h7-10,12-15,18-21,23-24,40-44H,11,16-17,22,25-39H2,1-6H3;/q;+1. The van der Waals surface area contributed by atoms with E-state index in [0.717, 1.165) is 50.9 Å². The van der Waals surface area contributed by atoms with Crippen molar-refractivity contribution < 1.29 is 99.5 Å². The molecular weight excluding hydrogens is 1050 g/mol. The van der Waals surface area contributed by atoms with Crippen LogP contribution in [0.4, 0.5) is 11.4 Å². The molecule has 0 aromatic heterocycles. The quantitative estimate of drug-likeness (QED) is 0.0180. The summed E-state index contributed by atoms with van der Waals surface area (Å²) in [4.78, 5) is 43.3. The second kappa shape index (κ2) is 30.6. The monoisotopic (exact) mass is 1130 g/mol. The number of unbranched alkanes of at least 4 members (excludes halogenated alkanes) is 2. The molecule has 0 atom stereocenters. The fourth-order valence-electron chi connectivity index (χ4n) is 9.92. The number of hydrogen-bond donors (Lipinski definition) is 0. The summed E-state index contributed by atoms with van der Waals surface area (Å²) in [6, 6.07) is 18.9. The van der Waals surface area contributed by atoms with Crippen LogP contribution in [-0.2, 0) is 63.2 Å². The van der Waals surface area contributed by atoms with E-state index >= 15 is 0 Å². The molecule has 17 nitrogen and oxygen atoms in total. The molecule has 1 saturated heterocycles. The molecule has 0 radical (unpaired) electrons. The van der Waals surface area contributed by atoms with Crippen molar-refractivity contribution in [3.05, 3.63) is 138 Å². The third kappa shape index (κ3) is 17.3. The van der Waals surface area contributed by atoms with Crippen LogP contribution in [0.25, 0.3) is 16.9 Å². The molecule has 0 unspecified atom stereocenters. The Balaban J connectivity index is 0.0000103. The third-order valence-corrected chi connectivity index (χ3v) is 14.8. The Morgan fingerprint density at radius 2 is 1.36 bits per heavy atom. The van der Waals surface area contributed by atoms with E-state index in [1.165, 1.54) is 17.7 Å². The molecule has 0 spiro atoms. The van der Waals surface area contributed by atoms with Crippen molar-refractivity contribution in [2.45, 2.75) is 89.0 Å². The predicted octanol–water partition coefficient (Wildman–Crippen LogP) is 6.06. The van der Waals surface area contributed by atoms with Gasteiger partial charge in [-0.05, 0) is 82.9 Å². The number of ether oxygens (including phenoxy) is 7. The molecule has 80 heavy (non-hydrogen) atoms. The Morgan fingerprint density at radius 1 is 0.750 bits per heavy atom. The van der Waals surface area contributed by atoms with E-state index in [2.05, 4.69) is 60.6 Å². The van der Waals surface area contributed by atoms with Gasteiger partial charge in [0.05, 0.1) is 88.5 Å². The molecule has 2 amide bonds. The second-order valence-corrected chi connectivity index (χ2v) is 21.8. The van der Waals surface area contributed by atoms with E-state index in [9.17, 15) is 27.4 Å².